The molecule has 3 aliphatic carbocycles. The summed E-state index contributed by atoms with van der Waals surface area (Å²) in [5.74, 6) is -7.01. The molecule has 0 spiro atoms. The van der Waals surface area contributed by atoms with Crippen molar-refractivity contribution < 1.29 is 38.2 Å². The van der Waals surface area contributed by atoms with Crippen molar-refractivity contribution >= 4 is 41.4 Å². The molecule has 212 valence electrons. The number of hydrogen-bond acceptors (Lipinski definition) is 8. The third kappa shape index (κ3) is 3.02. The molecule has 2 atom stereocenters. The number of rotatable bonds is 2. The summed E-state index contributed by atoms with van der Waals surface area (Å²) in [5, 5.41) is 0. The van der Waals surface area contributed by atoms with Crippen molar-refractivity contribution in [3.05, 3.63) is 123 Å². The largest absolute Gasteiger partial charge is 0.386 e. The van der Waals surface area contributed by atoms with Gasteiger partial charge in [-0.05, 0) is 76.7 Å². The zero-order chi connectivity index (χ0) is 30.2. The number of fused-ring (bicyclic) bond motifs is 2. The van der Waals surface area contributed by atoms with Crippen molar-refractivity contribution in [3.8, 4) is 11.1 Å². The van der Waals surface area contributed by atoms with Gasteiger partial charge in [0, 0.05) is 11.8 Å². The van der Waals surface area contributed by atoms with E-state index in [1.54, 1.807) is 36.4 Å². The molecule has 2 bridgehead atoms. The zero-order valence-electron chi connectivity index (χ0n) is 23.0. The van der Waals surface area contributed by atoms with Crippen molar-refractivity contribution in [2.45, 2.75) is 18.8 Å². The molecule has 0 radical (unpaired) electrons. The van der Waals surface area contributed by atoms with Crippen LogP contribution in [-0.2, 0) is 19.1 Å². The molecular weight excluding hydrogens is 562 g/mol. The second-order valence-corrected chi connectivity index (χ2v) is 11.8. The fraction of sp³-hybridized carbons (Fsp3) is 0.143. The molecule has 6 aliphatic rings. The third-order valence-electron chi connectivity index (χ3n) is 9.66. The topological polar surface area (TPSA) is 124 Å². The van der Waals surface area contributed by atoms with E-state index >= 15 is 0 Å². The highest BCUT2D eigenvalue weighted by atomic mass is 16.6. The van der Waals surface area contributed by atoms with Crippen LogP contribution in [0.5, 0.6) is 0 Å². The fourth-order valence-corrected chi connectivity index (χ4v) is 7.73. The highest BCUT2D eigenvalue weighted by Gasteiger charge is 2.62. The Kier molecular flexibility index (Phi) is 4.65. The summed E-state index contributed by atoms with van der Waals surface area (Å²) < 4.78 is 9.69. The first-order valence-electron chi connectivity index (χ1n) is 14.1. The summed E-state index contributed by atoms with van der Waals surface area (Å²) in [6.45, 7) is 2.01. The van der Waals surface area contributed by atoms with Gasteiger partial charge in [-0.15, -0.1) is 0 Å². The van der Waals surface area contributed by atoms with Gasteiger partial charge in [-0.25, -0.2) is 24.1 Å². The van der Waals surface area contributed by atoms with Gasteiger partial charge >= 0.3 is 23.9 Å². The Hall–Kier alpha value is -5.70. The highest BCUT2D eigenvalue weighted by molar-refractivity contribution is 6.24. The number of anilines is 1. The molecule has 1 saturated heterocycles. The average Bonchev–Trinajstić information content (AvgIpc) is 3.57. The first-order chi connectivity index (χ1) is 21.2. The Morgan fingerprint density at radius 3 is 1.20 bits per heavy atom. The highest BCUT2D eigenvalue weighted by Crippen LogP contribution is 2.62. The van der Waals surface area contributed by atoms with Gasteiger partial charge in [-0.1, -0.05) is 42.0 Å². The first kappa shape index (κ1) is 24.9. The van der Waals surface area contributed by atoms with E-state index in [1.807, 2.05) is 43.3 Å². The predicted octanol–water partition coefficient (Wildman–Crippen LogP) is 4.68. The van der Waals surface area contributed by atoms with E-state index in [0.29, 0.717) is 27.9 Å². The molecule has 9 nitrogen and oxygen atoms in total. The number of ether oxygens (including phenoxy) is 2. The molecule has 3 heterocycles. The Balaban J connectivity index is 1.20. The maximum Gasteiger partial charge on any atom is 0.346 e. The predicted molar refractivity (Wildman–Crippen MR) is 152 cm³/mol. The Bertz CT molecular complexity index is 1920. The summed E-state index contributed by atoms with van der Waals surface area (Å²) in [5.41, 5.74) is 6.33. The minimum atomic E-state index is -0.832. The third-order valence-corrected chi connectivity index (χ3v) is 9.66. The smallest absolute Gasteiger partial charge is 0.346 e. The van der Waals surface area contributed by atoms with E-state index in [4.69, 9.17) is 9.47 Å². The summed E-state index contributed by atoms with van der Waals surface area (Å²) in [6, 6.07) is 21.6. The van der Waals surface area contributed by atoms with Gasteiger partial charge in [0.15, 0.2) is 0 Å². The van der Waals surface area contributed by atoms with Crippen LogP contribution in [0.25, 0.3) is 11.1 Å². The quantitative estimate of drug-likeness (QED) is 0.190. The molecule has 2 amide bonds. The lowest BCUT2D eigenvalue weighted by atomic mass is 9.54. The van der Waals surface area contributed by atoms with Gasteiger partial charge in [-0.3, -0.25) is 9.59 Å². The van der Waals surface area contributed by atoms with Crippen molar-refractivity contribution in [3.63, 3.8) is 0 Å². The number of carbonyl (C=O) groups excluding carboxylic acids is 6. The number of cyclic esters (lactones) is 4. The van der Waals surface area contributed by atoms with E-state index in [9.17, 15) is 28.8 Å². The molecule has 0 saturated carbocycles. The molecule has 44 heavy (non-hydrogen) atoms. The maximum atomic E-state index is 14.3. The van der Waals surface area contributed by atoms with Crippen LogP contribution in [0.3, 0.4) is 0 Å². The van der Waals surface area contributed by atoms with Crippen molar-refractivity contribution in [2.24, 2.45) is 11.8 Å². The summed E-state index contributed by atoms with van der Waals surface area (Å²) in [4.78, 5) is 79.8. The lowest BCUT2D eigenvalue weighted by molar-refractivity contribution is -0.122. The molecule has 10 rings (SSSR count). The van der Waals surface area contributed by atoms with Crippen LogP contribution in [0.4, 0.5) is 5.69 Å². The van der Waals surface area contributed by atoms with Gasteiger partial charge in [0.25, 0.3) is 0 Å². The molecule has 0 aromatic heterocycles. The van der Waals surface area contributed by atoms with Gasteiger partial charge in [-0.2, -0.15) is 0 Å². The number of nitrogens with zero attached hydrogens (tertiary/aromatic N) is 1. The Morgan fingerprint density at radius 2 is 0.841 bits per heavy atom. The standard InChI is InChI=1S/C35H19NO8/c1-14-2-4-15(5-3-14)16-6-8-17(9-7-16)36-30(37)28-26-18-10-22-23(33(40)43-32(22)39)11-19(18)27(29(28)31(36)38)21-13-25-24(12-20(21)26)34(41)44-35(25)42/h2-13,26-29H,1H3. The second-order valence-electron chi connectivity index (χ2n) is 11.8. The normalized spacial score (nSPS) is 23.7. The zero-order valence-corrected chi connectivity index (χ0v) is 23.0. The number of hydrogen-bond donors (Lipinski definition) is 0. The number of amides is 2. The van der Waals surface area contributed by atoms with Crippen molar-refractivity contribution in [2.75, 3.05) is 4.90 Å². The van der Waals surface area contributed by atoms with E-state index in [1.165, 1.54) is 4.90 Å². The average molecular weight is 582 g/mol. The number of benzene rings is 4. The minimum absolute atomic E-state index is 0.0930. The number of carbonyl (C=O) groups is 6. The molecule has 9 heteroatoms. The Labute approximate surface area is 249 Å². The van der Waals surface area contributed by atoms with Crippen molar-refractivity contribution in [1.29, 1.82) is 0 Å². The van der Waals surface area contributed by atoms with Gasteiger partial charge in [0.2, 0.25) is 11.8 Å². The number of aryl methyl sites for hydroxylation is 1. The summed E-state index contributed by atoms with van der Waals surface area (Å²) in [7, 11) is 0. The summed E-state index contributed by atoms with van der Waals surface area (Å²) in [6.07, 6.45) is 0. The van der Waals surface area contributed by atoms with Crippen LogP contribution in [0.2, 0.25) is 0 Å². The van der Waals surface area contributed by atoms with Crippen LogP contribution in [0.15, 0.2) is 72.8 Å². The van der Waals surface area contributed by atoms with Crippen molar-refractivity contribution in [1.82, 2.24) is 0 Å². The lowest BCUT2D eigenvalue weighted by Crippen LogP contribution is -2.42. The SMILES string of the molecule is Cc1ccc(-c2ccc(N3C(=O)C4C5c6cc7c(cc6C(c6cc8c(cc65)C(=O)OC8=O)C4C3=O)C(=O)OC7=O)cc2)cc1. The van der Waals surface area contributed by atoms with E-state index in [-0.39, 0.29) is 22.3 Å². The van der Waals surface area contributed by atoms with Crippen LogP contribution in [0.1, 0.15) is 81.1 Å². The van der Waals surface area contributed by atoms with Crippen LogP contribution >= 0.6 is 0 Å². The Morgan fingerprint density at radius 1 is 0.500 bits per heavy atom. The molecular formula is C35H19NO8. The second kappa shape index (κ2) is 8.23. The summed E-state index contributed by atoms with van der Waals surface area (Å²) >= 11 is 0. The molecule has 1 fully saturated rings. The van der Waals surface area contributed by atoms with Crippen LogP contribution in [0, 0.1) is 18.8 Å². The van der Waals surface area contributed by atoms with E-state index in [0.717, 1.165) is 16.7 Å². The molecule has 2 unspecified atom stereocenters. The lowest BCUT2D eigenvalue weighted by Gasteiger charge is -2.46. The molecule has 0 N–H and O–H groups in total. The molecule has 4 aromatic rings. The minimum Gasteiger partial charge on any atom is -0.386 e. The fourth-order valence-electron chi connectivity index (χ4n) is 7.73. The van der Waals surface area contributed by atoms with E-state index in [2.05, 4.69) is 0 Å². The number of imide groups is 1. The maximum absolute atomic E-state index is 14.3. The molecule has 3 aliphatic heterocycles. The van der Waals surface area contributed by atoms with Gasteiger partial charge < -0.3 is 9.47 Å². The molecule has 4 aromatic carbocycles. The van der Waals surface area contributed by atoms with Crippen LogP contribution in [-0.4, -0.2) is 35.7 Å². The van der Waals surface area contributed by atoms with Crippen LogP contribution < -0.4 is 4.90 Å². The van der Waals surface area contributed by atoms with Gasteiger partial charge in [0.1, 0.15) is 0 Å². The van der Waals surface area contributed by atoms with Gasteiger partial charge in [0.05, 0.1) is 39.8 Å². The monoisotopic (exact) mass is 581 g/mol. The first-order valence-corrected chi connectivity index (χ1v) is 14.1. The number of esters is 4. The van der Waals surface area contributed by atoms with E-state index < -0.39 is 59.4 Å².